The number of ether oxygens (including phenoxy) is 1. The summed E-state index contributed by atoms with van der Waals surface area (Å²) < 4.78 is 12.6. The van der Waals surface area contributed by atoms with Gasteiger partial charge in [0.25, 0.3) is 0 Å². The Morgan fingerprint density at radius 3 is 2.70 bits per heavy atom. The Kier molecular flexibility index (Phi) is 2.41. The third-order valence-electron chi connectivity index (χ3n) is 1.19. The average molecular weight is 137 g/mol. The first-order valence-corrected chi connectivity index (χ1v) is 3.43. The highest BCUT2D eigenvalue weighted by Gasteiger charge is 1.86. The van der Waals surface area contributed by atoms with Crippen molar-refractivity contribution in [2.45, 2.75) is 13.5 Å². The quantitative estimate of drug-likeness (QED) is 0.620. The Morgan fingerprint density at radius 1 is 1.40 bits per heavy atom. The molecule has 1 rings (SSSR count). The van der Waals surface area contributed by atoms with Gasteiger partial charge in [-0.2, -0.15) is 0 Å². The van der Waals surface area contributed by atoms with Crippen molar-refractivity contribution in [1.82, 2.24) is 0 Å². The predicted octanol–water partition coefficient (Wildman–Crippen LogP) is 2.22. The topological polar surface area (TPSA) is 9.23 Å². The Balaban J connectivity index is 2.61. The van der Waals surface area contributed by atoms with Crippen LogP contribution in [0.1, 0.15) is 13.9 Å². The molecule has 0 heterocycles. The Bertz CT molecular complexity index is 198. The fraction of sp³-hybridized carbons (Fsp3) is 0.333. The molecule has 0 saturated carbocycles. The highest BCUT2D eigenvalue weighted by molar-refractivity contribution is 5.13. The lowest BCUT2D eigenvalue weighted by atomic mass is 10.2. The van der Waals surface area contributed by atoms with E-state index >= 15 is 0 Å². The van der Waals surface area contributed by atoms with E-state index in [0.29, 0.717) is 6.61 Å². The SMILES string of the molecule is [2H][C@@H](OCC)c1ccccc1. The van der Waals surface area contributed by atoms with Gasteiger partial charge in [-0.15, -0.1) is 0 Å². The van der Waals surface area contributed by atoms with Crippen molar-refractivity contribution in [3.05, 3.63) is 35.9 Å². The minimum atomic E-state index is -0.527. The highest BCUT2D eigenvalue weighted by Crippen LogP contribution is 1.99. The zero-order valence-electron chi connectivity index (χ0n) is 7.08. The van der Waals surface area contributed by atoms with Gasteiger partial charge in [-0.3, -0.25) is 0 Å². The fourth-order valence-corrected chi connectivity index (χ4v) is 0.711. The van der Waals surface area contributed by atoms with E-state index in [2.05, 4.69) is 0 Å². The molecule has 0 aromatic heterocycles. The van der Waals surface area contributed by atoms with Crippen LogP contribution in [0, 0.1) is 0 Å². The van der Waals surface area contributed by atoms with Crippen LogP contribution in [0.3, 0.4) is 0 Å². The second kappa shape index (κ2) is 4.07. The van der Waals surface area contributed by atoms with E-state index in [1.54, 1.807) is 0 Å². The summed E-state index contributed by atoms with van der Waals surface area (Å²) in [6.07, 6.45) is 0. The molecule has 0 spiro atoms. The monoisotopic (exact) mass is 137 g/mol. The summed E-state index contributed by atoms with van der Waals surface area (Å²) in [5, 5.41) is 0. The molecule has 54 valence electrons. The lowest BCUT2D eigenvalue weighted by Gasteiger charge is -1.98. The number of hydrogen-bond acceptors (Lipinski definition) is 1. The van der Waals surface area contributed by atoms with Crippen LogP contribution in [0.4, 0.5) is 0 Å². The molecular weight excluding hydrogens is 124 g/mol. The molecule has 1 aromatic carbocycles. The van der Waals surface area contributed by atoms with E-state index < -0.39 is 6.58 Å². The van der Waals surface area contributed by atoms with E-state index in [1.165, 1.54) is 0 Å². The smallest absolute Gasteiger partial charge is 0.0716 e. The van der Waals surface area contributed by atoms with Gasteiger partial charge in [-0.05, 0) is 12.5 Å². The number of benzene rings is 1. The minimum Gasteiger partial charge on any atom is -0.377 e. The normalized spacial score (nSPS) is 14.3. The molecule has 1 aromatic rings. The zero-order valence-corrected chi connectivity index (χ0v) is 6.08. The maximum absolute atomic E-state index is 7.49. The predicted molar refractivity (Wildman–Crippen MR) is 41.8 cm³/mol. The van der Waals surface area contributed by atoms with Crippen molar-refractivity contribution < 1.29 is 6.11 Å². The largest absolute Gasteiger partial charge is 0.377 e. The van der Waals surface area contributed by atoms with Crippen LogP contribution in [0.25, 0.3) is 0 Å². The summed E-state index contributed by atoms with van der Waals surface area (Å²) in [6, 6.07) is 9.55. The molecular formula is C9H12O. The Hall–Kier alpha value is -0.820. The highest BCUT2D eigenvalue weighted by atomic mass is 16.5. The molecule has 0 amide bonds. The second-order valence-corrected chi connectivity index (χ2v) is 1.98. The van der Waals surface area contributed by atoms with Crippen molar-refractivity contribution in [1.29, 1.82) is 0 Å². The lowest BCUT2D eigenvalue weighted by Crippen LogP contribution is -1.90. The van der Waals surface area contributed by atoms with Gasteiger partial charge in [-0.25, -0.2) is 0 Å². The molecule has 0 saturated heterocycles. The van der Waals surface area contributed by atoms with Crippen molar-refractivity contribution in [2.75, 3.05) is 6.61 Å². The molecule has 0 radical (unpaired) electrons. The Morgan fingerprint density at radius 2 is 2.10 bits per heavy atom. The van der Waals surface area contributed by atoms with Crippen LogP contribution in [0.2, 0.25) is 0 Å². The van der Waals surface area contributed by atoms with Crippen LogP contribution in [0.15, 0.2) is 30.3 Å². The van der Waals surface area contributed by atoms with E-state index in [9.17, 15) is 0 Å². The van der Waals surface area contributed by atoms with Crippen molar-refractivity contribution in [3.63, 3.8) is 0 Å². The summed E-state index contributed by atoms with van der Waals surface area (Å²) >= 11 is 0. The van der Waals surface area contributed by atoms with Gasteiger partial charge < -0.3 is 4.74 Å². The zero-order chi connectivity index (χ0) is 8.10. The van der Waals surface area contributed by atoms with Crippen LogP contribution >= 0.6 is 0 Å². The van der Waals surface area contributed by atoms with Crippen LogP contribution in [-0.2, 0) is 11.3 Å². The minimum absolute atomic E-state index is 0.527. The van der Waals surface area contributed by atoms with Crippen LogP contribution in [0.5, 0.6) is 0 Å². The van der Waals surface area contributed by atoms with Crippen LogP contribution in [-0.4, -0.2) is 6.61 Å². The van der Waals surface area contributed by atoms with E-state index in [0.717, 1.165) is 5.56 Å². The summed E-state index contributed by atoms with van der Waals surface area (Å²) in [5.41, 5.74) is 0.911. The third kappa shape index (κ3) is 2.19. The van der Waals surface area contributed by atoms with Gasteiger partial charge in [-0.1, -0.05) is 30.3 Å². The maximum atomic E-state index is 7.49. The van der Waals surface area contributed by atoms with E-state index in [-0.39, 0.29) is 0 Å². The van der Waals surface area contributed by atoms with Gasteiger partial charge >= 0.3 is 0 Å². The molecule has 0 aliphatic rings. The summed E-state index contributed by atoms with van der Waals surface area (Å²) in [4.78, 5) is 0. The van der Waals surface area contributed by atoms with Crippen LogP contribution < -0.4 is 0 Å². The molecule has 1 heteroatoms. The summed E-state index contributed by atoms with van der Waals surface area (Å²) in [5.74, 6) is 0. The lowest BCUT2D eigenvalue weighted by molar-refractivity contribution is 0.134. The van der Waals surface area contributed by atoms with Gasteiger partial charge in [0.05, 0.1) is 7.95 Å². The number of hydrogen-bond donors (Lipinski definition) is 0. The molecule has 0 aliphatic carbocycles. The van der Waals surface area contributed by atoms with Crippen molar-refractivity contribution in [2.24, 2.45) is 0 Å². The molecule has 0 bridgehead atoms. The fourth-order valence-electron chi connectivity index (χ4n) is 0.711. The standard InChI is InChI=1S/C9H12O/c1-2-10-8-9-6-4-3-5-7-9/h3-7H,2,8H2,1H3/i8D/t8-/m1/s1. The summed E-state index contributed by atoms with van der Waals surface area (Å²) in [6.45, 7) is 1.95. The van der Waals surface area contributed by atoms with E-state index in [4.69, 9.17) is 6.11 Å². The first-order valence-electron chi connectivity index (χ1n) is 4.01. The molecule has 0 unspecified atom stereocenters. The molecule has 10 heavy (non-hydrogen) atoms. The first-order chi connectivity index (χ1) is 5.34. The molecule has 1 nitrogen and oxygen atoms in total. The number of rotatable bonds is 3. The third-order valence-corrected chi connectivity index (χ3v) is 1.19. The summed E-state index contributed by atoms with van der Waals surface area (Å²) in [7, 11) is 0. The van der Waals surface area contributed by atoms with Gasteiger partial charge in [0.2, 0.25) is 0 Å². The van der Waals surface area contributed by atoms with E-state index in [1.807, 2.05) is 37.3 Å². The maximum Gasteiger partial charge on any atom is 0.0716 e. The van der Waals surface area contributed by atoms with Gasteiger partial charge in [0.1, 0.15) is 0 Å². The first kappa shape index (κ1) is 5.93. The molecule has 0 N–H and O–H groups in total. The molecule has 0 aliphatic heterocycles. The molecule has 0 fully saturated rings. The Labute approximate surface area is 63.0 Å². The average Bonchev–Trinajstić information content (AvgIpc) is 2.07. The molecule has 1 atom stereocenters. The van der Waals surface area contributed by atoms with Crippen molar-refractivity contribution >= 4 is 0 Å². The van der Waals surface area contributed by atoms with Gasteiger partial charge in [0.15, 0.2) is 0 Å². The van der Waals surface area contributed by atoms with Crippen molar-refractivity contribution in [3.8, 4) is 0 Å². The van der Waals surface area contributed by atoms with Gasteiger partial charge in [0, 0.05) is 6.61 Å². The second-order valence-electron chi connectivity index (χ2n) is 1.98.